The maximum absolute atomic E-state index is 14.5. The first-order chi connectivity index (χ1) is 15.3. The number of carbonyl (C=O) groups excluding carboxylic acids is 2. The van der Waals surface area contributed by atoms with Crippen LogP contribution in [-0.2, 0) is 16.0 Å². The Morgan fingerprint density at radius 3 is 2.34 bits per heavy atom. The molecule has 2 aliphatic heterocycles. The lowest BCUT2D eigenvalue weighted by Crippen LogP contribution is -2.51. The van der Waals surface area contributed by atoms with Crippen molar-refractivity contribution in [3.8, 4) is 0 Å². The molecule has 3 heterocycles. The zero-order valence-corrected chi connectivity index (χ0v) is 19.1. The Hall–Kier alpha value is -2.83. The van der Waals surface area contributed by atoms with E-state index >= 15 is 0 Å². The van der Waals surface area contributed by atoms with E-state index in [2.05, 4.69) is 9.97 Å². The highest BCUT2D eigenvalue weighted by Gasteiger charge is 2.46. The third-order valence-corrected chi connectivity index (χ3v) is 6.95. The fraction of sp³-hybridized carbons (Fsp3) is 0.520. The molecule has 1 atom stereocenters. The number of benzene rings is 1. The molecule has 0 aliphatic carbocycles. The van der Waals surface area contributed by atoms with Gasteiger partial charge in [0.1, 0.15) is 11.6 Å². The average Bonchev–Trinajstić information content (AvgIpc) is 3.25. The highest BCUT2D eigenvalue weighted by Crippen LogP contribution is 2.40. The second-order valence-corrected chi connectivity index (χ2v) is 9.30. The molecule has 170 valence electrons. The van der Waals surface area contributed by atoms with Crippen molar-refractivity contribution < 1.29 is 14.0 Å². The summed E-state index contributed by atoms with van der Waals surface area (Å²) in [6.07, 6.45) is 2.26. The zero-order chi connectivity index (χ0) is 22.9. The van der Waals surface area contributed by atoms with Gasteiger partial charge in [-0.05, 0) is 57.2 Å². The number of aromatic nitrogens is 2. The van der Waals surface area contributed by atoms with Crippen LogP contribution >= 0.6 is 0 Å². The Kier molecular flexibility index (Phi) is 6.26. The second kappa shape index (κ2) is 8.96. The number of aryl methyl sites for hydroxylation is 2. The molecule has 1 aromatic heterocycles. The molecule has 0 unspecified atom stereocenters. The van der Waals surface area contributed by atoms with E-state index in [4.69, 9.17) is 0 Å². The Morgan fingerprint density at radius 1 is 1.06 bits per heavy atom. The van der Waals surface area contributed by atoms with Crippen LogP contribution in [0.1, 0.15) is 54.9 Å². The molecule has 0 N–H and O–H groups in total. The van der Waals surface area contributed by atoms with E-state index in [0.29, 0.717) is 51.0 Å². The number of nitrogens with zero attached hydrogens (tertiary/aromatic N) is 4. The van der Waals surface area contributed by atoms with Gasteiger partial charge in [-0.25, -0.2) is 14.4 Å². The van der Waals surface area contributed by atoms with E-state index in [1.165, 1.54) is 6.07 Å². The van der Waals surface area contributed by atoms with Gasteiger partial charge in [0.2, 0.25) is 11.8 Å². The van der Waals surface area contributed by atoms with Crippen LogP contribution in [0.4, 0.5) is 4.39 Å². The molecule has 32 heavy (non-hydrogen) atoms. The van der Waals surface area contributed by atoms with Gasteiger partial charge in [0.15, 0.2) is 0 Å². The van der Waals surface area contributed by atoms with Crippen molar-refractivity contribution in [3.05, 3.63) is 58.9 Å². The lowest BCUT2D eigenvalue weighted by molar-refractivity contribution is -0.147. The van der Waals surface area contributed by atoms with Crippen LogP contribution in [0.3, 0.4) is 0 Å². The molecule has 0 spiro atoms. The molecule has 2 aliphatic rings. The highest BCUT2D eigenvalue weighted by atomic mass is 19.1. The molecule has 6 nitrogen and oxygen atoms in total. The van der Waals surface area contributed by atoms with Gasteiger partial charge in [0.05, 0.1) is 5.41 Å². The minimum absolute atomic E-state index is 0.0187. The number of hydrogen-bond donors (Lipinski definition) is 0. The smallest absolute Gasteiger partial charge is 0.229 e. The molecule has 2 saturated heterocycles. The minimum Gasteiger partial charge on any atom is -0.343 e. The average molecular weight is 439 g/mol. The Balaban J connectivity index is 1.56. The van der Waals surface area contributed by atoms with Crippen molar-refractivity contribution in [1.82, 2.24) is 19.8 Å². The maximum atomic E-state index is 14.5. The quantitative estimate of drug-likeness (QED) is 0.734. The van der Waals surface area contributed by atoms with Crippen molar-refractivity contribution in [2.75, 3.05) is 26.2 Å². The summed E-state index contributed by atoms with van der Waals surface area (Å²) in [5.41, 5.74) is 1.73. The van der Waals surface area contributed by atoms with Crippen LogP contribution in [0.25, 0.3) is 0 Å². The van der Waals surface area contributed by atoms with Crippen molar-refractivity contribution in [2.24, 2.45) is 5.41 Å². The lowest BCUT2D eigenvalue weighted by atomic mass is 9.72. The topological polar surface area (TPSA) is 66.4 Å². The van der Waals surface area contributed by atoms with Gasteiger partial charge in [-0.15, -0.1) is 0 Å². The molecule has 0 bridgehead atoms. The molecule has 2 amide bonds. The molecule has 0 saturated carbocycles. The third-order valence-electron chi connectivity index (χ3n) is 6.95. The lowest BCUT2D eigenvalue weighted by Gasteiger charge is -2.42. The number of halogens is 1. The number of likely N-dealkylation sites (tertiary alicyclic amines) is 2. The minimum atomic E-state index is -0.702. The van der Waals surface area contributed by atoms with Crippen LogP contribution in [0.5, 0.6) is 0 Å². The number of carbonyl (C=O) groups is 2. The van der Waals surface area contributed by atoms with Crippen molar-refractivity contribution in [2.45, 2.75) is 52.4 Å². The summed E-state index contributed by atoms with van der Waals surface area (Å²) in [4.78, 5) is 38.6. The molecule has 1 aromatic carbocycles. The molecular weight excluding hydrogens is 407 g/mol. The predicted octanol–water partition coefficient (Wildman–Crippen LogP) is 3.42. The molecule has 2 aromatic rings. The second-order valence-electron chi connectivity index (χ2n) is 9.30. The molecule has 2 fully saturated rings. The summed E-state index contributed by atoms with van der Waals surface area (Å²) in [6, 6.07) is 8.64. The van der Waals surface area contributed by atoms with Gasteiger partial charge in [-0.3, -0.25) is 9.59 Å². The third kappa shape index (κ3) is 4.52. The number of rotatable bonds is 4. The van der Waals surface area contributed by atoms with E-state index in [0.717, 1.165) is 23.6 Å². The van der Waals surface area contributed by atoms with Gasteiger partial charge in [0.25, 0.3) is 0 Å². The van der Waals surface area contributed by atoms with Crippen molar-refractivity contribution >= 4 is 11.8 Å². The molecular formula is C25H31FN4O2. The first-order valence-corrected chi connectivity index (χ1v) is 11.4. The summed E-state index contributed by atoms with van der Waals surface area (Å²) in [5, 5.41) is 0. The van der Waals surface area contributed by atoms with Gasteiger partial charge in [-0.2, -0.15) is 0 Å². The first-order valence-electron chi connectivity index (χ1n) is 11.4. The molecule has 4 rings (SSSR count). The number of amides is 2. The Labute approximate surface area is 188 Å². The Morgan fingerprint density at radius 2 is 1.72 bits per heavy atom. The SMILES string of the molecule is CC(=O)N1CCC(Cc2ccccc2F)(C(=O)N2CC[C@@H](c3nc(C)cc(C)n3)C2)CC1. The van der Waals surface area contributed by atoms with E-state index in [-0.39, 0.29) is 23.5 Å². The van der Waals surface area contributed by atoms with Crippen LogP contribution in [0, 0.1) is 25.1 Å². The fourth-order valence-electron chi connectivity index (χ4n) is 5.15. The van der Waals surface area contributed by atoms with E-state index in [9.17, 15) is 14.0 Å². The van der Waals surface area contributed by atoms with Gasteiger partial charge < -0.3 is 9.80 Å². The Bertz CT molecular complexity index is 997. The largest absolute Gasteiger partial charge is 0.343 e. The summed E-state index contributed by atoms with van der Waals surface area (Å²) in [5.74, 6) is 0.713. The first kappa shape index (κ1) is 22.4. The van der Waals surface area contributed by atoms with E-state index < -0.39 is 5.41 Å². The zero-order valence-electron chi connectivity index (χ0n) is 19.1. The van der Waals surface area contributed by atoms with Gasteiger partial charge >= 0.3 is 0 Å². The van der Waals surface area contributed by atoms with Crippen molar-refractivity contribution in [1.29, 1.82) is 0 Å². The monoisotopic (exact) mass is 438 g/mol. The van der Waals surface area contributed by atoms with Crippen LogP contribution in [0.15, 0.2) is 30.3 Å². The highest BCUT2D eigenvalue weighted by molar-refractivity contribution is 5.84. The summed E-state index contributed by atoms with van der Waals surface area (Å²) >= 11 is 0. The number of piperidine rings is 1. The normalized spacial score (nSPS) is 20.4. The van der Waals surface area contributed by atoms with Crippen LogP contribution < -0.4 is 0 Å². The van der Waals surface area contributed by atoms with Crippen LogP contribution in [0.2, 0.25) is 0 Å². The number of hydrogen-bond acceptors (Lipinski definition) is 4. The predicted molar refractivity (Wildman–Crippen MR) is 119 cm³/mol. The summed E-state index contributed by atoms with van der Waals surface area (Å²) in [7, 11) is 0. The van der Waals surface area contributed by atoms with Crippen molar-refractivity contribution in [3.63, 3.8) is 0 Å². The van der Waals surface area contributed by atoms with E-state index in [1.54, 1.807) is 24.0 Å². The maximum Gasteiger partial charge on any atom is 0.229 e. The van der Waals surface area contributed by atoms with Gasteiger partial charge in [-0.1, -0.05) is 18.2 Å². The van der Waals surface area contributed by atoms with E-state index in [1.807, 2.05) is 30.9 Å². The molecule has 0 radical (unpaired) electrons. The molecule has 7 heteroatoms. The standard InChI is InChI=1S/C25H31FN4O2/c1-17-14-18(2)28-23(27-17)21-8-11-30(16-21)24(32)25(9-12-29(13-10-25)19(3)31)15-20-6-4-5-7-22(20)26/h4-7,14,21H,8-13,15-16H2,1-3H3/t21-/m1/s1. The summed E-state index contributed by atoms with van der Waals surface area (Å²) < 4.78 is 14.5. The fourth-order valence-corrected chi connectivity index (χ4v) is 5.15. The summed E-state index contributed by atoms with van der Waals surface area (Å²) in [6.45, 7) is 7.75. The van der Waals surface area contributed by atoms with Gasteiger partial charge in [0, 0.05) is 50.4 Å². The van der Waals surface area contributed by atoms with Crippen LogP contribution in [-0.4, -0.2) is 57.8 Å².